The summed E-state index contributed by atoms with van der Waals surface area (Å²) in [6, 6.07) is 12.0. The summed E-state index contributed by atoms with van der Waals surface area (Å²) in [4.78, 5) is 11.6. The molecule has 1 amide bonds. The number of aliphatic hydroxyl groups excluding tert-OH is 4. The summed E-state index contributed by atoms with van der Waals surface area (Å²) < 4.78 is 0. The van der Waals surface area contributed by atoms with Crippen molar-refractivity contribution in [3.05, 3.63) is 81.8 Å². The summed E-state index contributed by atoms with van der Waals surface area (Å²) in [5.41, 5.74) is 2.05. The third-order valence-corrected chi connectivity index (χ3v) is 5.06. The number of carbonyl (C=O) groups excluding carboxylic acids is 1. The monoisotopic (exact) mass is 397 g/mol. The van der Waals surface area contributed by atoms with Crippen LogP contribution < -0.4 is 5.32 Å². The van der Waals surface area contributed by atoms with Crippen molar-refractivity contribution in [3.63, 3.8) is 0 Å². The van der Waals surface area contributed by atoms with Gasteiger partial charge in [0, 0.05) is 12.6 Å². The van der Waals surface area contributed by atoms with Crippen LogP contribution in [0.1, 0.15) is 32.6 Å². The van der Waals surface area contributed by atoms with E-state index < -0.39 is 24.4 Å². The van der Waals surface area contributed by atoms with Crippen LogP contribution in [0.4, 0.5) is 0 Å². The number of aryl methyl sites for hydroxylation is 2. The van der Waals surface area contributed by atoms with Crippen LogP contribution in [0.3, 0.4) is 0 Å². The fraction of sp³-hybridized carbons (Fsp3) is 0.261. The lowest BCUT2D eigenvalue weighted by Gasteiger charge is -2.28. The van der Waals surface area contributed by atoms with Gasteiger partial charge in [-0.15, -0.1) is 0 Å². The Morgan fingerprint density at radius 3 is 1.90 bits per heavy atom. The van der Waals surface area contributed by atoms with Gasteiger partial charge in [0.25, 0.3) is 5.91 Å². The fourth-order valence-electron chi connectivity index (χ4n) is 2.83. The lowest BCUT2D eigenvalue weighted by molar-refractivity contribution is 0.0487. The van der Waals surface area contributed by atoms with Crippen molar-refractivity contribution >= 4 is 18.1 Å². The molecule has 154 valence electrons. The van der Waals surface area contributed by atoms with Crippen molar-refractivity contribution in [2.75, 3.05) is 20.3 Å². The Morgan fingerprint density at radius 2 is 1.41 bits per heavy atom. The van der Waals surface area contributed by atoms with Gasteiger partial charge in [-0.05, 0) is 60.4 Å². The van der Waals surface area contributed by atoms with Crippen LogP contribution in [0, 0.1) is 19.3 Å². The summed E-state index contributed by atoms with van der Waals surface area (Å²) in [5.74, 6) is -0.993. The summed E-state index contributed by atoms with van der Waals surface area (Å²) >= 11 is 0. The van der Waals surface area contributed by atoms with E-state index in [0.29, 0.717) is 16.7 Å². The van der Waals surface area contributed by atoms with Crippen molar-refractivity contribution in [2.24, 2.45) is 5.41 Å². The first-order valence-corrected chi connectivity index (χ1v) is 9.21. The maximum Gasteiger partial charge on any atom is 0.251 e. The van der Waals surface area contributed by atoms with Crippen molar-refractivity contribution in [1.82, 2.24) is 5.32 Å². The predicted octanol–water partition coefficient (Wildman–Crippen LogP) is 3.13. The molecule has 0 unspecified atom stereocenters. The van der Waals surface area contributed by atoms with E-state index >= 15 is 0 Å². The molecule has 2 aromatic carbocycles. The molecular weight excluding hydrogens is 370 g/mol. The molecule has 0 aromatic heterocycles. The molecule has 0 aliphatic carbocycles. The van der Waals surface area contributed by atoms with Gasteiger partial charge in [0.2, 0.25) is 0 Å². The molecule has 0 saturated heterocycles. The molecule has 0 radical (unpaired) electrons. The molecule has 0 bridgehead atoms. The van der Waals surface area contributed by atoms with E-state index in [1.54, 1.807) is 30.3 Å². The number of nitrogens with one attached hydrogen (secondary N) is 1. The molecule has 0 fully saturated rings. The average molecular weight is 397 g/mol. The van der Waals surface area contributed by atoms with E-state index in [-0.39, 0.29) is 11.7 Å². The van der Waals surface area contributed by atoms with Crippen LogP contribution in [0.25, 0.3) is 12.2 Å². The van der Waals surface area contributed by atoms with Gasteiger partial charge in [-0.3, -0.25) is 4.79 Å². The minimum atomic E-state index is -1.75. The highest BCUT2D eigenvalue weighted by Crippen LogP contribution is 2.34. The minimum absolute atomic E-state index is 0.237. The number of carbonyl (C=O) groups is 1. The van der Waals surface area contributed by atoms with E-state index in [1.807, 2.05) is 26.0 Å². The number of benzene rings is 2. The second kappa shape index (κ2) is 9.41. The number of aliphatic hydroxyl groups is 4. The number of hydrogen-bond donors (Lipinski definition) is 5. The number of rotatable bonds is 7. The minimum Gasteiger partial charge on any atom is -0.511 e. The zero-order chi connectivity index (χ0) is 21.6. The normalized spacial score (nSPS) is 12.7. The third kappa shape index (κ3) is 4.85. The molecule has 0 spiro atoms. The third-order valence-electron chi connectivity index (χ3n) is 5.06. The van der Waals surface area contributed by atoms with Gasteiger partial charge >= 0.3 is 0 Å². The van der Waals surface area contributed by atoms with Gasteiger partial charge in [-0.25, -0.2) is 0 Å². The Balaban J connectivity index is 2.41. The largest absolute Gasteiger partial charge is 0.511 e. The standard InChI is InChI=1S/C23H27NO5/c1-15-4-5-18(10-16(15)2)12-21(28)23(13-25,14-26)20(27)11-17-6-8-19(9-7-17)22(29)24-3/h4-12,25-28H,13-14H2,1-3H3,(H,24,29). The summed E-state index contributed by atoms with van der Waals surface area (Å²) in [5, 5.41) is 43.6. The van der Waals surface area contributed by atoms with Crippen molar-refractivity contribution in [3.8, 4) is 0 Å². The maximum absolute atomic E-state index is 11.6. The lowest BCUT2D eigenvalue weighted by atomic mass is 9.83. The SMILES string of the molecule is CNC(=O)c1ccc(C=C(O)C(CO)(CO)C(O)=Cc2ccc(C)c(C)c2)cc1. The second-order valence-corrected chi connectivity index (χ2v) is 7.00. The van der Waals surface area contributed by atoms with Crippen LogP contribution in [0.15, 0.2) is 54.0 Å². The molecule has 0 aliphatic rings. The zero-order valence-electron chi connectivity index (χ0n) is 16.8. The van der Waals surface area contributed by atoms with E-state index in [9.17, 15) is 25.2 Å². The van der Waals surface area contributed by atoms with Crippen molar-refractivity contribution in [1.29, 1.82) is 0 Å². The van der Waals surface area contributed by atoms with E-state index in [0.717, 1.165) is 11.1 Å². The Kier molecular flexibility index (Phi) is 7.20. The first-order chi connectivity index (χ1) is 13.8. The van der Waals surface area contributed by atoms with Crippen LogP contribution in [-0.4, -0.2) is 46.6 Å². The van der Waals surface area contributed by atoms with Crippen LogP contribution in [-0.2, 0) is 0 Å². The van der Waals surface area contributed by atoms with Gasteiger partial charge in [0.15, 0.2) is 0 Å². The topological polar surface area (TPSA) is 110 Å². The average Bonchev–Trinajstić information content (AvgIpc) is 2.72. The maximum atomic E-state index is 11.6. The molecule has 0 heterocycles. The van der Waals surface area contributed by atoms with Crippen molar-refractivity contribution in [2.45, 2.75) is 13.8 Å². The van der Waals surface area contributed by atoms with Crippen LogP contribution in [0.2, 0.25) is 0 Å². The summed E-state index contributed by atoms with van der Waals surface area (Å²) in [7, 11) is 1.53. The van der Waals surface area contributed by atoms with Crippen LogP contribution >= 0.6 is 0 Å². The van der Waals surface area contributed by atoms with E-state index in [4.69, 9.17) is 0 Å². The summed E-state index contributed by atoms with van der Waals surface area (Å²) in [6.07, 6.45) is 2.75. The fourth-order valence-corrected chi connectivity index (χ4v) is 2.83. The quantitative estimate of drug-likeness (QED) is 0.461. The van der Waals surface area contributed by atoms with E-state index in [1.165, 1.54) is 19.2 Å². The Labute approximate surface area is 170 Å². The molecular formula is C23H27NO5. The molecule has 0 aliphatic heterocycles. The van der Waals surface area contributed by atoms with Gasteiger partial charge in [0.05, 0.1) is 13.2 Å². The van der Waals surface area contributed by atoms with Crippen molar-refractivity contribution < 1.29 is 25.2 Å². The lowest BCUT2D eigenvalue weighted by Crippen LogP contribution is -2.34. The molecule has 5 N–H and O–H groups in total. The van der Waals surface area contributed by atoms with Gasteiger partial charge in [0.1, 0.15) is 16.9 Å². The molecule has 2 aromatic rings. The Morgan fingerprint density at radius 1 is 0.897 bits per heavy atom. The molecule has 0 saturated carbocycles. The van der Waals surface area contributed by atoms with Gasteiger partial charge < -0.3 is 25.7 Å². The molecule has 2 rings (SSSR count). The first kappa shape index (κ1) is 22.2. The number of hydrogen-bond acceptors (Lipinski definition) is 5. The zero-order valence-corrected chi connectivity index (χ0v) is 16.8. The van der Waals surface area contributed by atoms with Gasteiger partial charge in [-0.2, -0.15) is 0 Å². The molecule has 6 nitrogen and oxygen atoms in total. The highest BCUT2D eigenvalue weighted by Gasteiger charge is 2.38. The Bertz CT molecular complexity index is 925. The highest BCUT2D eigenvalue weighted by atomic mass is 16.3. The predicted molar refractivity (Wildman–Crippen MR) is 114 cm³/mol. The molecule has 29 heavy (non-hydrogen) atoms. The van der Waals surface area contributed by atoms with Gasteiger partial charge in [-0.1, -0.05) is 30.3 Å². The van der Waals surface area contributed by atoms with E-state index in [2.05, 4.69) is 5.32 Å². The first-order valence-electron chi connectivity index (χ1n) is 9.21. The smallest absolute Gasteiger partial charge is 0.251 e. The number of amides is 1. The van der Waals surface area contributed by atoms with Crippen LogP contribution in [0.5, 0.6) is 0 Å². The Hall–Kier alpha value is -3.09. The second-order valence-electron chi connectivity index (χ2n) is 7.00. The highest BCUT2D eigenvalue weighted by molar-refractivity contribution is 5.94. The molecule has 0 atom stereocenters. The summed E-state index contributed by atoms with van der Waals surface area (Å²) in [6.45, 7) is 2.51. The molecule has 6 heteroatoms.